The molecule has 1 atom stereocenters. The maximum absolute atomic E-state index is 12.7. The molecule has 5 heterocycles. The number of anilines is 2. The van der Waals surface area contributed by atoms with Crippen LogP contribution in [0.4, 0.5) is 11.6 Å². The van der Waals surface area contributed by atoms with Crippen molar-refractivity contribution in [3.8, 4) is 0 Å². The first-order valence-corrected chi connectivity index (χ1v) is 13.3. The van der Waals surface area contributed by atoms with Crippen LogP contribution in [0, 0.1) is 5.41 Å². The minimum atomic E-state index is -0.176. The molecule has 0 bridgehead atoms. The Kier molecular flexibility index (Phi) is 6.49. The van der Waals surface area contributed by atoms with Gasteiger partial charge in [0.1, 0.15) is 5.82 Å². The quantitative estimate of drug-likeness (QED) is 0.396. The summed E-state index contributed by atoms with van der Waals surface area (Å²) >= 11 is 6.55. The van der Waals surface area contributed by atoms with Crippen LogP contribution in [0.2, 0.25) is 5.02 Å². The van der Waals surface area contributed by atoms with Crippen LogP contribution < -0.4 is 15.8 Å². The highest BCUT2D eigenvalue weighted by Gasteiger charge is 2.44. The fourth-order valence-electron chi connectivity index (χ4n) is 5.46. The van der Waals surface area contributed by atoms with E-state index in [0.717, 1.165) is 72.9 Å². The topological polar surface area (TPSA) is 98.1 Å². The number of halogens is 1. The van der Waals surface area contributed by atoms with Crippen molar-refractivity contribution in [1.82, 2.24) is 24.5 Å². The summed E-state index contributed by atoms with van der Waals surface area (Å²) in [4.78, 5) is 33.0. The molecule has 4 aromatic rings. The van der Waals surface area contributed by atoms with E-state index in [1.807, 2.05) is 19.1 Å². The van der Waals surface area contributed by atoms with Crippen LogP contribution >= 0.6 is 11.6 Å². The fourth-order valence-corrected chi connectivity index (χ4v) is 5.61. The lowest BCUT2D eigenvalue weighted by Crippen LogP contribution is -2.59. The Balaban J connectivity index is 1.27. The Bertz CT molecular complexity index is 1530. The van der Waals surface area contributed by atoms with Gasteiger partial charge in [-0.1, -0.05) is 17.7 Å². The van der Waals surface area contributed by atoms with Gasteiger partial charge in [0, 0.05) is 74.7 Å². The first-order chi connectivity index (χ1) is 18.4. The second-order valence-electron chi connectivity index (χ2n) is 10.4. The third-order valence-electron chi connectivity index (χ3n) is 7.72. The molecular formula is C28H30ClN7O2. The number of pyridine rings is 1. The minimum absolute atomic E-state index is 0.0886. The number of hydrogen-bond acceptors (Lipinski definition) is 8. The molecule has 2 aliphatic rings. The van der Waals surface area contributed by atoms with Crippen molar-refractivity contribution in [2.75, 3.05) is 36.5 Å². The van der Waals surface area contributed by atoms with E-state index in [4.69, 9.17) is 21.3 Å². The molecule has 0 amide bonds. The Morgan fingerprint density at radius 1 is 1.13 bits per heavy atom. The molecular weight excluding hydrogens is 502 g/mol. The number of nitrogens with zero attached hydrogens (tertiary/aromatic N) is 6. The number of benzene rings is 1. The van der Waals surface area contributed by atoms with Crippen molar-refractivity contribution in [2.45, 2.75) is 32.2 Å². The lowest BCUT2D eigenvalue weighted by atomic mass is 9.73. The largest absolute Gasteiger partial charge is 0.381 e. The fraction of sp³-hybridized carbons (Fsp3) is 0.393. The summed E-state index contributed by atoms with van der Waals surface area (Å²) in [5.41, 5.74) is 3.65. The molecule has 0 saturated carbocycles. The Hall–Kier alpha value is -3.56. The van der Waals surface area contributed by atoms with Crippen LogP contribution in [0.15, 0.2) is 53.7 Å². The van der Waals surface area contributed by atoms with Crippen LogP contribution in [0.5, 0.6) is 0 Å². The summed E-state index contributed by atoms with van der Waals surface area (Å²) in [5.74, 6) is 1.38. The number of hydrogen-bond donors (Lipinski definition) is 1. The summed E-state index contributed by atoms with van der Waals surface area (Å²) in [5, 5.41) is 4.91. The third-order valence-corrected chi connectivity index (χ3v) is 8.04. The average molecular weight is 532 g/mol. The normalized spacial score (nSPS) is 17.4. The molecule has 1 spiro atoms. The average Bonchev–Trinajstić information content (AvgIpc) is 2.92. The number of ether oxygens (including phenoxy) is 1. The highest BCUT2D eigenvalue weighted by atomic mass is 35.5. The van der Waals surface area contributed by atoms with E-state index in [1.54, 1.807) is 42.3 Å². The summed E-state index contributed by atoms with van der Waals surface area (Å²) < 4.78 is 7.19. The van der Waals surface area contributed by atoms with E-state index in [9.17, 15) is 4.79 Å². The van der Waals surface area contributed by atoms with Gasteiger partial charge in [-0.15, -0.1) is 0 Å². The van der Waals surface area contributed by atoms with E-state index in [-0.39, 0.29) is 11.6 Å². The van der Waals surface area contributed by atoms with E-state index in [2.05, 4.69) is 31.2 Å². The molecule has 2 aliphatic heterocycles. The van der Waals surface area contributed by atoms with Gasteiger partial charge in [-0.25, -0.2) is 19.9 Å². The van der Waals surface area contributed by atoms with Gasteiger partial charge in [0.2, 0.25) is 5.95 Å². The van der Waals surface area contributed by atoms with E-state index < -0.39 is 0 Å². The summed E-state index contributed by atoms with van der Waals surface area (Å²) in [7, 11) is 1.78. The molecule has 0 radical (unpaired) electrons. The maximum atomic E-state index is 12.7. The first-order valence-electron chi connectivity index (χ1n) is 12.9. The number of rotatable bonds is 6. The van der Waals surface area contributed by atoms with Crippen LogP contribution in [0.1, 0.15) is 42.9 Å². The maximum Gasteiger partial charge on any atom is 0.252 e. The van der Waals surface area contributed by atoms with Crippen LogP contribution in [0.3, 0.4) is 0 Å². The summed E-state index contributed by atoms with van der Waals surface area (Å²) in [6, 6.07) is 9.32. The molecule has 2 saturated heterocycles. The SMILES string of the molecule is CC(Nc1cc(=O)n(C)c2ccc(Cc3nc(N4CC5(CCOCC5)C4)ncc3Cl)cc12)c1ncccn1. The molecule has 3 aromatic heterocycles. The molecule has 9 nitrogen and oxygen atoms in total. The molecule has 2 fully saturated rings. The van der Waals surface area contributed by atoms with E-state index in [1.165, 1.54) is 0 Å². The molecule has 1 aromatic carbocycles. The van der Waals surface area contributed by atoms with E-state index in [0.29, 0.717) is 22.7 Å². The van der Waals surface area contributed by atoms with Gasteiger partial charge in [-0.2, -0.15) is 0 Å². The number of aromatic nitrogens is 5. The lowest BCUT2D eigenvalue weighted by molar-refractivity contribution is -0.000749. The second-order valence-corrected chi connectivity index (χ2v) is 10.8. The Morgan fingerprint density at radius 2 is 1.89 bits per heavy atom. The molecule has 38 heavy (non-hydrogen) atoms. The van der Waals surface area contributed by atoms with Crippen molar-refractivity contribution in [3.63, 3.8) is 0 Å². The minimum Gasteiger partial charge on any atom is -0.381 e. The zero-order chi connectivity index (χ0) is 26.3. The zero-order valence-electron chi connectivity index (χ0n) is 21.5. The molecule has 0 aliphatic carbocycles. The highest BCUT2D eigenvalue weighted by molar-refractivity contribution is 6.31. The lowest BCUT2D eigenvalue weighted by Gasteiger charge is -2.52. The monoisotopic (exact) mass is 531 g/mol. The first kappa shape index (κ1) is 24.8. The highest BCUT2D eigenvalue weighted by Crippen LogP contribution is 2.41. The van der Waals surface area contributed by atoms with Gasteiger partial charge >= 0.3 is 0 Å². The molecule has 1 unspecified atom stereocenters. The van der Waals surface area contributed by atoms with Crippen molar-refractivity contribution in [2.24, 2.45) is 12.5 Å². The van der Waals surface area contributed by atoms with Gasteiger partial charge < -0.3 is 19.5 Å². The predicted molar refractivity (Wildman–Crippen MR) is 148 cm³/mol. The summed E-state index contributed by atoms with van der Waals surface area (Å²) in [6.45, 7) is 5.56. The number of aryl methyl sites for hydroxylation is 1. The predicted octanol–water partition coefficient (Wildman–Crippen LogP) is 4.15. The number of nitrogens with one attached hydrogen (secondary N) is 1. The van der Waals surface area contributed by atoms with Crippen molar-refractivity contribution in [3.05, 3.63) is 81.4 Å². The van der Waals surface area contributed by atoms with Crippen molar-refractivity contribution in [1.29, 1.82) is 0 Å². The van der Waals surface area contributed by atoms with Crippen LogP contribution in [-0.4, -0.2) is 50.8 Å². The third kappa shape index (κ3) is 4.72. The molecule has 10 heteroatoms. The zero-order valence-corrected chi connectivity index (χ0v) is 22.3. The van der Waals surface area contributed by atoms with Crippen LogP contribution in [-0.2, 0) is 18.2 Å². The van der Waals surface area contributed by atoms with E-state index >= 15 is 0 Å². The Morgan fingerprint density at radius 3 is 2.66 bits per heavy atom. The van der Waals surface area contributed by atoms with Gasteiger partial charge in [0.05, 0.1) is 28.5 Å². The van der Waals surface area contributed by atoms with Gasteiger partial charge in [-0.05, 0) is 43.5 Å². The molecule has 196 valence electrons. The van der Waals surface area contributed by atoms with Crippen molar-refractivity contribution < 1.29 is 4.74 Å². The molecule has 6 rings (SSSR count). The molecule has 1 N–H and O–H groups in total. The van der Waals surface area contributed by atoms with Gasteiger partial charge in [0.25, 0.3) is 5.56 Å². The van der Waals surface area contributed by atoms with Crippen molar-refractivity contribution >= 4 is 34.1 Å². The summed E-state index contributed by atoms with van der Waals surface area (Å²) in [6.07, 6.45) is 7.86. The standard InChI is InChI=1S/C28H30ClN7O2/c1-18(26-30-8-3-9-31-26)33-22-14-25(37)35(2)24-5-4-19(12-20(22)24)13-23-21(29)15-32-27(34-23)36-16-28(17-36)6-10-38-11-7-28/h3-5,8-9,12,14-15,18,33H,6-7,10-11,13,16-17H2,1-2H3. The Labute approximate surface area is 225 Å². The van der Waals surface area contributed by atoms with Gasteiger partial charge in [-0.3, -0.25) is 4.79 Å². The smallest absolute Gasteiger partial charge is 0.252 e. The number of fused-ring (bicyclic) bond motifs is 1. The second kappa shape index (κ2) is 9.96. The van der Waals surface area contributed by atoms with Crippen LogP contribution in [0.25, 0.3) is 10.9 Å². The van der Waals surface area contributed by atoms with Gasteiger partial charge in [0.15, 0.2) is 0 Å².